The molecule has 0 spiro atoms. The van der Waals surface area contributed by atoms with E-state index < -0.39 is 11.6 Å². The van der Waals surface area contributed by atoms with Gasteiger partial charge >= 0.3 is 0 Å². The van der Waals surface area contributed by atoms with Crippen LogP contribution in [0.25, 0.3) is 0 Å². The highest BCUT2D eigenvalue weighted by molar-refractivity contribution is 14.0. The zero-order chi connectivity index (χ0) is 17.4. The van der Waals surface area contributed by atoms with E-state index >= 15 is 0 Å². The zero-order valence-electron chi connectivity index (χ0n) is 14.6. The maximum atomic E-state index is 13.7. The zero-order valence-corrected chi connectivity index (χ0v) is 17.0. The summed E-state index contributed by atoms with van der Waals surface area (Å²) in [4.78, 5) is 6.35. The van der Waals surface area contributed by atoms with Crippen molar-refractivity contribution in [3.05, 3.63) is 35.4 Å². The predicted molar refractivity (Wildman–Crippen MR) is 104 cm³/mol. The average molecular weight is 469 g/mol. The number of rotatable bonds is 7. The number of hydrogen-bond donors (Lipinski definition) is 1. The van der Waals surface area contributed by atoms with Gasteiger partial charge < -0.3 is 19.7 Å². The van der Waals surface area contributed by atoms with Crippen LogP contribution in [0.2, 0.25) is 0 Å². The smallest absolute Gasteiger partial charge is 0.193 e. The Kier molecular flexibility index (Phi) is 10.2. The first-order valence-corrected chi connectivity index (χ1v) is 8.10. The second-order valence-corrected chi connectivity index (χ2v) is 5.80. The fraction of sp³-hybridized carbons (Fsp3) is 0.588. The molecular formula is C17H26F2IN3O2. The van der Waals surface area contributed by atoms with E-state index in [2.05, 4.69) is 15.2 Å². The van der Waals surface area contributed by atoms with Crippen molar-refractivity contribution >= 4 is 29.9 Å². The van der Waals surface area contributed by atoms with E-state index in [0.717, 1.165) is 31.6 Å². The lowest BCUT2D eigenvalue weighted by atomic mass is 10.1. The highest BCUT2D eigenvalue weighted by Crippen LogP contribution is 2.17. The van der Waals surface area contributed by atoms with Crippen molar-refractivity contribution in [1.82, 2.24) is 10.2 Å². The van der Waals surface area contributed by atoms with Gasteiger partial charge in [-0.2, -0.15) is 0 Å². The third-order valence-corrected chi connectivity index (χ3v) is 4.03. The first-order chi connectivity index (χ1) is 11.6. The minimum absolute atomic E-state index is 0. The van der Waals surface area contributed by atoms with Gasteiger partial charge in [-0.1, -0.05) is 0 Å². The number of nitrogens with one attached hydrogen (secondary N) is 1. The molecule has 5 nitrogen and oxygen atoms in total. The summed E-state index contributed by atoms with van der Waals surface area (Å²) in [5.41, 5.74) is 0.287. The number of methoxy groups -OCH3 is 1. The number of aliphatic imine (C=N–C) groups is 1. The van der Waals surface area contributed by atoms with Gasteiger partial charge in [-0.05, 0) is 24.6 Å². The van der Waals surface area contributed by atoms with Crippen molar-refractivity contribution in [2.24, 2.45) is 10.9 Å². The molecule has 2 rings (SSSR count). The number of ether oxygens (including phenoxy) is 2. The van der Waals surface area contributed by atoms with Crippen molar-refractivity contribution in [2.75, 3.05) is 47.1 Å². The van der Waals surface area contributed by atoms with E-state index in [1.54, 1.807) is 14.2 Å². The fourth-order valence-electron chi connectivity index (χ4n) is 2.74. The van der Waals surface area contributed by atoms with E-state index in [4.69, 9.17) is 9.47 Å². The van der Waals surface area contributed by atoms with Crippen LogP contribution < -0.4 is 5.32 Å². The molecule has 1 fully saturated rings. The fourth-order valence-corrected chi connectivity index (χ4v) is 2.74. The summed E-state index contributed by atoms with van der Waals surface area (Å²) < 4.78 is 37.4. The molecule has 1 aromatic carbocycles. The summed E-state index contributed by atoms with van der Waals surface area (Å²) in [7, 11) is 3.34. The molecular weight excluding hydrogens is 443 g/mol. The van der Waals surface area contributed by atoms with Gasteiger partial charge in [-0.15, -0.1) is 24.0 Å². The molecule has 25 heavy (non-hydrogen) atoms. The lowest BCUT2D eigenvalue weighted by Crippen LogP contribution is -2.40. The molecule has 142 valence electrons. The number of likely N-dealkylation sites (tertiary alicyclic amines) is 1. The normalized spacial score (nSPS) is 17.5. The molecule has 1 aliphatic rings. The maximum Gasteiger partial charge on any atom is 0.193 e. The van der Waals surface area contributed by atoms with Gasteiger partial charge in [0.2, 0.25) is 0 Å². The Hall–Kier alpha value is -1.00. The number of hydrogen-bond acceptors (Lipinski definition) is 3. The van der Waals surface area contributed by atoms with Crippen LogP contribution in [0, 0.1) is 17.6 Å². The Morgan fingerprint density at radius 1 is 1.36 bits per heavy atom. The van der Waals surface area contributed by atoms with Crippen LogP contribution in [0.3, 0.4) is 0 Å². The molecule has 1 N–H and O–H groups in total. The molecule has 8 heteroatoms. The number of halogens is 3. The maximum absolute atomic E-state index is 13.7. The highest BCUT2D eigenvalue weighted by Gasteiger charge is 2.25. The summed E-state index contributed by atoms with van der Waals surface area (Å²) in [6.07, 6.45) is 1.02. The van der Waals surface area contributed by atoms with Gasteiger partial charge in [0.25, 0.3) is 0 Å². The molecule has 0 saturated carbocycles. The summed E-state index contributed by atoms with van der Waals surface area (Å²) in [5, 5.41) is 3.10. The minimum atomic E-state index is -0.447. The molecule has 1 saturated heterocycles. The van der Waals surface area contributed by atoms with E-state index in [0.29, 0.717) is 31.7 Å². The Bertz CT molecular complexity index is 561. The molecule has 1 aliphatic heterocycles. The Morgan fingerprint density at radius 3 is 2.88 bits per heavy atom. The third kappa shape index (κ3) is 7.02. The Morgan fingerprint density at radius 2 is 2.16 bits per heavy atom. The molecule has 0 amide bonds. The second kappa shape index (κ2) is 11.6. The van der Waals surface area contributed by atoms with E-state index in [1.807, 2.05) is 0 Å². The highest BCUT2D eigenvalue weighted by atomic mass is 127. The molecule has 1 unspecified atom stereocenters. The standard InChI is InChI=1S/C17H25F2N3O2.HI/c1-20-17(21-10-14-9-15(18)3-4-16(14)19)22-6-5-13(11-22)12-24-8-7-23-2;/h3-4,9,13H,5-8,10-12H2,1-2H3,(H,20,21);1H. The SMILES string of the molecule is CN=C(NCc1cc(F)ccc1F)N1CCC(COCCOC)C1.I. The minimum Gasteiger partial charge on any atom is -0.382 e. The predicted octanol–water partition coefficient (Wildman–Crippen LogP) is 2.64. The van der Waals surface area contributed by atoms with Gasteiger partial charge in [0.05, 0.1) is 19.8 Å². The first kappa shape index (κ1) is 22.0. The van der Waals surface area contributed by atoms with E-state index in [-0.39, 0.29) is 36.1 Å². The van der Waals surface area contributed by atoms with E-state index in [9.17, 15) is 8.78 Å². The largest absolute Gasteiger partial charge is 0.382 e. The van der Waals surface area contributed by atoms with Crippen molar-refractivity contribution in [3.8, 4) is 0 Å². The Labute approximate surface area is 164 Å². The van der Waals surface area contributed by atoms with Gasteiger partial charge in [0.15, 0.2) is 5.96 Å². The third-order valence-electron chi connectivity index (χ3n) is 4.03. The quantitative estimate of drug-likeness (QED) is 0.289. The van der Waals surface area contributed by atoms with E-state index in [1.165, 1.54) is 6.07 Å². The molecule has 1 aromatic rings. The number of nitrogens with zero attached hydrogens (tertiary/aromatic N) is 2. The summed E-state index contributed by atoms with van der Waals surface area (Å²) in [5.74, 6) is 0.257. The lowest BCUT2D eigenvalue weighted by molar-refractivity contribution is 0.0536. The Balaban J connectivity index is 0.00000312. The van der Waals surface area contributed by atoms with Crippen LogP contribution in [0.15, 0.2) is 23.2 Å². The summed E-state index contributed by atoms with van der Waals surface area (Å²) in [6, 6.07) is 3.45. The first-order valence-electron chi connectivity index (χ1n) is 8.10. The number of guanidine groups is 1. The van der Waals surface area contributed by atoms with Crippen molar-refractivity contribution in [1.29, 1.82) is 0 Å². The van der Waals surface area contributed by atoms with Gasteiger partial charge in [-0.25, -0.2) is 8.78 Å². The molecule has 0 aliphatic carbocycles. The van der Waals surface area contributed by atoms with Crippen LogP contribution in [-0.2, 0) is 16.0 Å². The summed E-state index contributed by atoms with van der Waals surface area (Å²) in [6.45, 7) is 3.77. The van der Waals surface area contributed by atoms with Crippen LogP contribution in [0.5, 0.6) is 0 Å². The van der Waals surface area contributed by atoms with Crippen LogP contribution >= 0.6 is 24.0 Å². The van der Waals surface area contributed by atoms with Gasteiger partial charge in [0, 0.05) is 45.3 Å². The molecule has 1 atom stereocenters. The van der Waals surface area contributed by atoms with Crippen molar-refractivity contribution in [2.45, 2.75) is 13.0 Å². The monoisotopic (exact) mass is 469 g/mol. The van der Waals surface area contributed by atoms with Crippen LogP contribution in [0.4, 0.5) is 8.78 Å². The second-order valence-electron chi connectivity index (χ2n) is 5.80. The van der Waals surface area contributed by atoms with Crippen LogP contribution in [0.1, 0.15) is 12.0 Å². The molecule has 0 radical (unpaired) electrons. The molecule has 1 heterocycles. The molecule has 0 bridgehead atoms. The van der Waals surface area contributed by atoms with Gasteiger partial charge in [-0.3, -0.25) is 4.99 Å². The topological polar surface area (TPSA) is 46.1 Å². The lowest BCUT2D eigenvalue weighted by Gasteiger charge is -2.22. The molecule has 0 aromatic heterocycles. The number of benzene rings is 1. The van der Waals surface area contributed by atoms with Crippen molar-refractivity contribution < 1.29 is 18.3 Å². The van der Waals surface area contributed by atoms with Gasteiger partial charge in [0.1, 0.15) is 11.6 Å². The summed E-state index contributed by atoms with van der Waals surface area (Å²) >= 11 is 0. The average Bonchev–Trinajstić information content (AvgIpc) is 3.04. The van der Waals surface area contributed by atoms with Crippen molar-refractivity contribution in [3.63, 3.8) is 0 Å². The van der Waals surface area contributed by atoms with Crippen LogP contribution in [-0.4, -0.2) is 57.9 Å².